The average Bonchev–Trinajstić information content (AvgIpc) is 3.03. The van der Waals surface area contributed by atoms with Crippen molar-refractivity contribution in [3.63, 3.8) is 0 Å². The Morgan fingerprint density at radius 1 is 1.14 bits per heavy atom. The first kappa shape index (κ1) is 18.6. The summed E-state index contributed by atoms with van der Waals surface area (Å²) >= 11 is 1.66. The summed E-state index contributed by atoms with van der Waals surface area (Å²) in [5.41, 5.74) is 2.73. The molecule has 0 spiro atoms. The summed E-state index contributed by atoms with van der Waals surface area (Å²) in [6, 6.07) is 13.2. The minimum Gasteiger partial charge on any atom is -0.497 e. The Morgan fingerprint density at radius 3 is 2.64 bits per heavy atom. The summed E-state index contributed by atoms with van der Waals surface area (Å²) in [6.07, 6.45) is 0.642. The molecule has 0 aliphatic carbocycles. The van der Waals surface area contributed by atoms with Crippen LogP contribution in [0.25, 0.3) is 0 Å². The Labute approximate surface area is 167 Å². The summed E-state index contributed by atoms with van der Waals surface area (Å²) in [7, 11) is 1.64. The molecule has 2 heterocycles. The molecule has 1 N–H and O–H groups in total. The van der Waals surface area contributed by atoms with Crippen LogP contribution >= 0.6 is 11.8 Å². The number of amides is 3. The molecule has 3 amide bonds. The van der Waals surface area contributed by atoms with Gasteiger partial charge in [-0.2, -0.15) is 0 Å². The number of hydrogen-bond acceptors (Lipinski definition) is 5. The summed E-state index contributed by atoms with van der Waals surface area (Å²) in [6.45, 7) is 0.407. The van der Waals surface area contributed by atoms with Crippen molar-refractivity contribution in [2.45, 2.75) is 36.1 Å². The van der Waals surface area contributed by atoms with Crippen LogP contribution in [0.2, 0.25) is 0 Å². The highest BCUT2D eigenvalue weighted by Gasteiger charge is 2.39. The van der Waals surface area contributed by atoms with E-state index in [1.807, 2.05) is 42.5 Å². The standard InChI is InChI=1S/C21H20N2O4S/c1-27-15-5-2-13(3-6-15)12-28-16-7-4-14-11-23(21(26)17(14)10-16)18-8-9-19(24)22-20(18)25/h2-7,10,18H,8-9,11-12H2,1H3,(H,22,24,25). The zero-order chi connectivity index (χ0) is 19.7. The van der Waals surface area contributed by atoms with Gasteiger partial charge in [0.15, 0.2) is 0 Å². The van der Waals surface area contributed by atoms with Crippen molar-refractivity contribution in [1.29, 1.82) is 0 Å². The number of nitrogens with zero attached hydrogens (tertiary/aromatic N) is 1. The Balaban J connectivity index is 1.45. The molecule has 2 aromatic rings. The van der Waals surface area contributed by atoms with Crippen molar-refractivity contribution < 1.29 is 19.1 Å². The summed E-state index contributed by atoms with van der Waals surface area (Å²) in [5, 5.41) is 2.33. The molecule has 6 nitrogen and oxygen atoms in total. The van der Waals surface area contributed by atoms with Gasteiger partial charge < -0.3 is 9.64 Å². The maximum Gasteiger partial charge on any atom is 0.255 e. The van der Waals surface area contributed by atoms with Crippen molar-refractivity contribution in [3.8, 4) is 5.75 Å². The molecule has 0 saturated carbocycles. The second-order valence-electron chi connectivity index (χ2n) is 6.86. The number of thioether (sulfide) groups is 1. The maximum absolute atomic E-state index is 12.9. The molecule has 4 rings (SSSR count). The number of carbonyl (C=O) groups is 3. The monoisotopic (exact) mass is 396 g/mol. The average molecular weight is 396 g/mol. The maximum atomic E-state index is 12.9. The van der Waals surface area contributed by atoms with Gasteiger partial charge in [0.2, 0.25) is 11.8 Å². The topological polar surface area (TPSA) is 75.7 Å². The first-order valence-electron chi connectivity index (χ1n) is 9.08. The van der Waals surface area contributed by atoms with E-state index in [0.717, 1.165) is 22.0 Å². The van der Waals surface area contributed by atoms with Crippen LogP contribution in [0.15, 0.2) is 47.4 Å². The van der Waals surface area contributed by atoms with Crippen molar-refractivity contribution >= 4 is 29.5 Å². The molecule has 1 saturated heterocycles. The van der Waals surface area contributed by atoms with Crippen molar-refractivity contribution in [2.75, 3.05) is 7.11 Å². The molecule has 2 aliphatic heterocycles. The fourth-order valence-corrected chi connectivity index (χ4v) is 4.40. The van der Waals surface area contributed by atoms with E-state index >= 15 is 0 Å². The predicted molar refractivity (Wildman–Crippen MR) is 105 cm³/mol. The third-order valence-electron chi connectivity index (χ3n) is 5.06. The molecule has 2 aliphatic rings. The third-order valence-corrected chi connectivity index (χ3v) is 6.13. The Kier molecular flexibility index (Phi) is 5.09. The van der Waals surface area contributed by atoms with E-state index in [9.17, 15) is 14.4 Å². The zero-order valence-corrected chi connectivity index (χ0v) is 16.3. The second kappa shape index (κ2) is 7.67. The third kappa shape index (κ3) is 3.62. The lowest BCUT2D eigenvalue weighted by Gasteiger charge is -2.29. The van der Waals surface area contributed by atoms with Crippen LogP contribution in [-0.4, -0.2) is 35.8 Å². The van der Waals surface area contributed by atoms with Crippen LogP contribution in [-0.2, 0) is 21.9 Å². The molecule has 28 heavy (non-hydrogen) atoms. The summed E-state index contributed by atoms with van der Waals surface area (Å²) < 4.78 is 5.17. The van der Waals surface area contributed by atoms with Crippen molar-refractivity contribution in [2.24, 2.45) is 0 Å². The van der Waals surface area contributed by atoms with Gasteiger partial charge in [0, 0.05) is 29.2 Å². The van der Waals surface area contributed by atoms with Gasteiger partial charge in [0.1, 0.15) is 11.8 Å². The van der Waals surface area contributed by atoms with Gasteiger partial charge in [-0.25, -0.2) is 0 Å². The first-order valence-corrected chi connectivity index (χ1v) is 10.1. The molecule has 1 atom stereocenters. The molecular weight excluding hydrogens is 376 g/mol. The fourth-order valence-electron chi connectivity index (χ4n) is 3.51. The number of hydrogen-bond donors (Lipinski definition) is 1. The quantitative estimate of drug-likeness (QED) is 0.621. The molecule has 0 radical (unpaired) electrons. The predicted octanol–water partition coefficient (Wildman–Crippen LogP) is 2.75. The van der Waals surface area contributed by atoms with Gasteiger partial charge in [-0.1, -0.05) is 18.2 Å². The Hall–Kier alpha value is -2.80. The highest BCUT2D eigenvalue weighted by atomic mass is 32.2. The number of ether oxygens (including phenoxy) is 1. The number of carbonyl (C=O) groups excluding carboxylic acids is 3. The molecule has 2 aromatic carbocycles. The second-order valence-corrected chi connectivity index (χ2v) is 7.90. The number of fused-ring (bicyclic) bond motifs is 1. The van der Waals surface area contributed by atoms with Crippen LogP contribution in [0.4, 0.5) is 0 Å². The Morgan fingerprint density at radius 2 is 1.93 bits per heavy atom. The fraction of sp³-hybridized carbons (Fsp3) is 0.286. The van der Waals surface area contributed by atoms with Crippen molar-refractivity contribution in [3.05, 3.63) is 59.2 Å². The van der Waals surface area contributed by atoms with Gasteiger partial charge in [0.25, 0.3) is 5.91 Å². The highest BCUT2D eigenvalue weighted by molar-refractivity contribution is 7.98. The minimum absolute atomic E-state index is 0.142. The molecule has 0 bridgehead atoms. The van der Waals surface area contributed by atoms with Crippen LogP contribution in [0.3, 0.4) is 0 Å². The van der Waals surface area contributed by atoms with Gasteiger partial charge in [-0.3, -0.25) is 19.7 Å². The molecular formula is C21H20N2O4S. The number of piperidine rings is 1. The molecule has 7 heteroatoms. The first-order chi connectivity index (χ1) is 13.5. The number of benzene rings is 2. The van der Waals surface area contributed by atoms with Gasteiger partial charge in [0.05, 0.1) is 7.11 Å². The number of methoxy groups -OCH3 is 1. The number of imide groups is 1. The van der Waals surface area contributed by atoms with E-state index in [-0.39, 0.29) is 24.1 Å². The van der Waals surface area contributed by atoms with E-state index in [1.165, 1.54) is 5.56 Å². The Bertz CT molecular complexity index is 942. The zero-order valence-electron chi connectivity index (χ0n) is 15.4. The van der Waals surface area contributed by atoms with Crippen LogP contribution in [0.1, 0.15) is 34.3 Å². The summed E-state index contributed by atoms with van der Waals surface area (Å²) in [5.74, 6) is 0.810. The molecule has 144 valence electrons. The van der Waals surface area contributed by atoms with Crippen molar-refractivity contribution in [1.82, 2.24) is 10.2 Å². The van der Waals surface area contributed by atoms with E-state index < -0.39 is 6.04 Å². The molecule has 0 aromatic heterocycles. The van der Waals surface area contributed by atoms with E-state index in [4.69, 9.17) is 4.74 Å². The lowest BCUT2D eigenvalue weighted by atomic mass is 10.0. The van der Waals surface area contributed by atoms with E-state index in [2.05, 4.69) is 5.32 Å². The molecule has 1 unspecified atom stereocenters. The SMILES string of the molecule is COc1ccc(CSc2ccc3c(c2)C(=O)N(C2CCC(=O)NC2=O)C3)cc1. The lowest BCUT2D eigenvalue weighted by Crippen LogP contribution is -2.52. The smallest absolute Gasteiger partial charge is 0.255 e. The van der Waals surface area contributed by atoms with Crippen LogP contribution < -0.4 is 10.1 Å². The van der Waals surface area contributed by atoms with Gasteiger partial charge in [-0.15, -0.1) is 11.8 Å². The minimum atomic E-state index is -0.576. The number of rotatable bonds is 5. The highest BCUT2D eigenvalue weighted by Crippen LogP contribution is 2.32. The van der Waals surface area contributed by atoms with Gasteiger partial charge in [-0.05, 0) is 41.8 Å². The van der Waals surface area contributed by atoms with E-state index in [1.54, 1.807) is 23.8 Å². The van der Waals surface area contributed by atoms with E-state index in [0.29, 0.717) is 18.5 Å². The molecule has 1 fully saturated rings. The van der Waals surface area contributed by atoms with Gasteiger partial charge >= 0.3 is 0 Å². The summed E-state index contributed by atoms with van der Waals surface area (Å²) in [4.78, 5) is 38.9. The van der Waals surface area contributed by atoms with Crippen LogP contribution in [0, 0.1) is 0 Å². The number of nitrogens with one attached hydrogen (secondary N) is 1. The lowest BCUT2D eigenvalue weighted by molar-refractivity contribution is -0.136. The largest absolute Gasteiger partial charge is 0.497 e. The normalized spacial score (nSPS) is 18.8. The van der Waals surface area contributed by atoms with Crippen LogP contribution in [0.5, 0.6) is 5.75 Å².